The standard InChI is InChI=1S/C18H15ClF2N2O4/c19-11-3-1-10(2-4-11)15(23-18(22)26)8-17(25)27-9-16(24)13-7-12(20)5-6-14(13)21/h1-7,15H,8-9H2,(H3,22,23,26)/t15-/m1/s1. The van der Waals surface area contributed by atoms with Gasteiger partial charge in [-0.1, -0.05) is 23.7 Å². The molecule has 2 rings (SSSR count). The zero-order valence-corrected chi connectivity index (χ0v) is 14.6. The van der Waals surface area contributed by atoms with Crippen LogP contribution in [0.25, 0.3) is 0 Å². The maximum absolute atomic E-state index is 13.6. The van der Waals surface area contributed by atoms with Gasteiger partial charge in [0.2, 0.25) is 5.78 Å². The molecular formula is C18H15ClF2N2O4. The summed E-state index contributed by atoms with van der Waals surface area (Å²) in [4.78, 5) is 35.1. The third-order valence-electron chi connectivity index (χ3n) is 3.55. The van der Waals surface area contributed by atoms with Gasteiger partial charge in [-0.05, 0) is 35.9 Å². The number of nitrogens with one attached hydrogen (secondary N) is 1. The van der Waals surface area contributed by atoms with Crippen LogP contribution in [0, 0.1) is 11.6 Å². The van der Waals surface area contributed by atoms with Gasteiger partial charge >= 0.3 is 12.0 Å². The molecule has 0 unspecified atom stereocenters. The third kappa shape index (κ3) is 6.03. The number of Topliss-reactive ketones (excluding diaryl/α,β-unsaturated/α-hetero) is 1. The fourth-order valence-corrected chi connectivity index (χ4v) is 2.41. The van der Waals surface area contributed by atoms with E-state index in [1.54, 1.807) is 24.3 Å². The summed E-state index contributed by atoms with van der Waals surface area (Å²) >= 11 is 5.80. The van der Waals surface area contributed by atoms with E-state index in [-0.39, 0.29) is 6.42 Å². The van der Waals surface area contributed by atoms with Gasteiger partial charge in [-0.3, -0.25) is 9.59 Å². The van der Waals surface area contributed by atoms with Gasteiger partial charge < -0.3 is 15.8 Å². The molecule has 6 nitrogen and oxygen atoms in total. The molecule has 3 N–H and O–H groups in total. The maximum Gasteiger partial charge on any atom is 0.312 e. The molecule has 1 atom stereocenters. The second-order valence-corrected chi connectivity index (χ2v) is 5.96. The van der Waals surface area contributed by atoms with Crippen molar-refractivity contribution in [2.24, 2.45) is 5.73 Å². The van der Waals surface area contributed by atoms with Crippen molar-refractivity contribution < 1.29 is 27.9 Å². The molecule has 0 heterocycles. The summed E-state index contributed by atoms with van der Waals surface area (Å²) < 4.78 is 31.5. The highest BCUT2D eigenvalue weighted by molar-refractivity contribution is 6.30. The highest BCUT2D eigenvalue weighted by atomic mass is 35.5. The van der Waals surface area contributed by atoms with E-state index in [0.717, 1.165) is 18.2 Å². The van der Waals surface area contributed by atoms with Gasteiger partial charge in [-0.25, -0.2) is 13.6 Å². The summed E-state index contributed by atoms with van der Waals surface area (Å²) in [7, 11) is 0. The Labute approximate surface area is 158 Å². The number of hydrogen-bond donors (Lipinski definition) is 2. The Morgan fingerprint density at radius 2 is 1.78 bits per heavy atom. The molecule has 0 saturated carbocycles. The molecule has 0 spiro atoms. The van der Waals surface area contributed by atoms with Crippen LogP contribution in [0.15, 0.2) is 42.5 Å². The molecule has 0 fully saturated rings. The van der Waals surface area contributed by atoms with Crippen LogP contribution < -0.4 is 11.1 Å². The van der Waals surface area contributed by atoms with Gasteiger partial charge in [0.1, 0.15) is 11.6 Å². The minimum atomic E-state index is -0.924. The lowest BCUT2D eigenvalue weighted by Gasteiger charge is -2.17. The van der Waals surface area contributed by atoms with Crippen molar-refractivity contribution in [3.8, 4) is 0 Å². The van der Waals surface area contributed by atoms with Crippen LogP contribution in [0.1, 0.15) is 28.4 Å². The molecule has 2 aromatic rings. The number of benzene rings is 2. The Balaban J connectivity index is 2.00. The number of halogens is 3. The van der Waals surface area contributed by atoms with Crippen molar-refractivity contribution in [3.05, 3.63) is 70.2 Å². The van der Waals surface area contributed by atoms with E-state index >= 15 is 0 Å². The van der Waals surface area contributed by atoms with E-state index in [1.165, 1.54) is 0 Å². The number of amides is 2. The molecule has 0 aliphatic heterocycles. The number of ether oxygens (including phenoxy) is 1. The van der Waals surface area contributed by atoms with Gasteiger partial charge in [0.25, 0.3) is 0 Å². The number of hydrogen-bond acceptors (Lipinski definition) is 4. The predicted octanol–water partition coefficient (Wildman–Crippen LogP) is 3.14. The Morgan fingerprint density at radius 1 is 1.11 bits per heavy atom. The number of urea groups is 1. The highest BCUT2D eigenvalue weighted by Crippen LogP contribution is 2.20. The third-order valence-corrected chi connectivity index (χ3v) is 3.80. The van der Waals surface area contributed by atoms with Crippen molar-refractivity contribution >= 4 is 29.4 Å². The van der Waals surface area contributed by atoms with E-state index < -0.39 is 47.6 Å². The monoisotopic (exact) mass is 396 g/mol. The molecule has 142 valence electrons. The molecule has 0 radical (unpaired) electrons. The van der Waals surface area contributed by atoms with Gasteiger partial charge in [-0.2, -0.15) is 0 Å². The van der Waals surface area contributed by atoms with Crippen LogP contribution >= 0.6 is 11.6 Å². The summed E-state index contributed by atoms with van der Waals surface area (Å²) in [5.41, 5.74) is 5.12. The van der Waals surface area contributed by atoms with Gasteiger partial charge in [0, 0.05) is 5.02 Å². The lowest BCUT2D eigenvalue weighted by atomic mass is 10.0. The lowest BCUT2D eigenvalue weighted by molar-refractivity contribution is -0.143. The molecule has 2 aromatic carbocycles. The number of esters is 1. The number of ketones is 1. The van der Waals surface area contributed by atoms with E-state index in [9.17, 15) is 23.2 Å². The predicted molar refractivity (Wildman–Crippen MR) is 93.2 cm³/mol. The Morgan fingerprint density at radius 3 is 2.41 bits per heavy atom. The molecule has 9 heteroatoms. The van der Waals surface area contributed by atoms with Gasteiger partial charge in [0.15, 0.2) is 6.61 Å². The van der Waals surface area contributed by atoms with E-state index in [2.05, 4.69) is 5.32 Å². The highest BCUT2D eigenvalue weighted by Gasteiger charge is 2.20. The summed E-state index contributed by atoms with van der Waals surface area (Å²) in [6.45, 7) is -0.775. The van der Waals surface area contributed by atoms with E-state index in [0.29, 0.717) is 10.6 Å². The molecule has 0 aliphatic rings. The number of primary amides is 1. The second kappa shape index (κ2) is 9.09. The molecular weight excluding hydrogens is 382 g/mol. The minimum absolute atomic E-state index is 0.330. The average molecular weight is 397 g/mol. The van der Waals surface area contributed by atoms with Crippen LogP contribution in [-0.4, -0.2) is 24.4 Å². The first-order valence-corrected chi connectivity index (χ1v) is 8.09. The number of nitrogens with two attached hydrogens (primary N) is 1. The summed E-state index contributed by atoms with van der Waals surface area (Å²) in [5, 5.41) is 2.84. The Kier molecular flexibility index (Phi) is 6.84. The van der Waals surface area contributed by atoms with E-state index in [1.807, 2.05) is 0 Å². The first-order valence-electron chi connectivity index (χ1n) is 7.71. The maximum atomic E-state index is 13.6. The second-order valence-electron chi connectivity index (χ2n) is 5.52. The van der Waals surface area contributed by atoms with Crippen LogP contribution in [0.2, 0.25) is 5.02 Å². The number of carbonyl (C=O) groups excluding carboxylic acids is 3. The zero-order valence-electron chi connectivity index (χ0n) is 13.9. The van der Waals surface area contributed by atoms with E-state index in [4.69, 9.17) is 22.1 Å². The minimum Gasteiger partial charge on any atom is -0.457 e. The van der Waals surface area contributed by atoms with Crippen LogP contribution in [-0.2, 0) is 9.53 Å². The summed E-state index contributed by atoms with van der Waals surface area (Å²) in [6.07, 6.45) is -0.330. The normalized spacial score (nSPS) is 11.5. The van der Waals surface area contributed by atoms with Gasteiger partial charge in [0.05, 0.1) is 18.0 Å². The Hall–Kier alpha value is -3.00. The SMILES string of the molecule is NC(=O)N[C@H](CC(=O)OCC(=O)c1cc(F)ccc1F)c1ccc(Cl)cc1. The quantitative estimate of drug-likeness (QED) is 0.554. The topological polar surface area (TPSA) is 98.5 Å². The fraction of sp³-hybridized carbons (Fsp3) is 0.167. The molecule has 0 saturated heterocycles. The van der Waals surface area contributed by atoms with Crippen molar-refractivity contribution in [2.45, 2.75) is 12.5 Å². The Bertz CT molecular complexity index is 859. The molecule has 0 bridgehead atoms. The first-order chi connectivity index (χ1) is 12.8. The average Bonchev–Trinajstić information content (AvgIpc) is 2.61. The zero-order chi connectivity index (χ0) is 20.0. The molecule has 27 heavy (non-hydrogen) atoms. The van der Waals surface area contributed by atoms with Crippen LogP contribution in [0.3, 0.4) is 0 Å². The first kappa shape index (κ1) is 20.3. The molecule has 0 aliphatic carbocycles. The summed E-state index contributed by atoms with van der Waals surface area (Å²) in [5.74, 6) is -3.45. The summed E-state index contributed by atoms with van der Waals surface area (Å²) in [6, 6.07) is 7.02. The van der Waals surface area contributed by atoms with Crippen molar-refractivity contribution in [2.75, 3.05) is 6.61 Å². The van der Waals surface area contributed by atoms with Gasteiger partial charge in [-0.15, -0.1) is 0 Å². The van der Waals surface area contributed by atoms with Crippen molar-refractivity contribution in [1.29, 1.82) is 0 Å². The van der Waals surface area contributed by atoms with Crippen molar-refractivity contribution in [3.63, 3.8) is 0 Å². The van der Waals surface area contributed by atoms with Crippen LogP contribution in [0.5, 0.6) is 0 Å². The number of carbonyl (C=O) groups is 3. The smallest absolute Gasteiger partial charge is 0.312 e. The largest absolute Gasteiger partial charge is 0.457 e. The molecule has 2 amide bonds. The van der Waals surface area contributed by atoms with Crippen molar-refractivity contribution in [1.82, 2.24) is 5.32 Å². The fourth-order valence-electron chi connectivity index (χ4n) is 2.28. The lowest BCUT2D eigenvalue weighted by Crippen LogP contribution is -2.34. The van der Waals surface area contributed by atoms with Crippen LogP contribution in [0.4, 0.5) is 13.6 Å². The number of rotatable bonds is 7. The molecule has 0 aromatic heterocycles.